The summed E-state index contributed by atoms with van der Waals surface area (Å²) in [5, 5.41) is 13.8. The van der Waals surface area contributed by atoms with Crippen LogP contribution in [0.15, 0.2) is 52.4 Å². The number of allylic oxidation sites excluding steroid dienone is 2. The summed E-state index contributed by atoms with van der Waals surface area (Å²) in [5.74, 6) is 0.726. The lowest BCUT2D eigenvalue weighted by molar-refractivity contribution is 0.0150. The molecule has 1 aliphatic rings. The number of rotatable bonds is 10. The average molecular weight is 515 g/mol. The second kappa shape index (κ2) is 13.2. The van der Waals surface area contributed by atoms with Gasteiger partial charge in [-0.1, -0.05) is 58.6 Å². The van der Waals surface area contributed by atoms with Crippen LogP contribution in [0.4, 0.5) is 9.59 Å². The highest BCUT2D eigenvalue weighted by Crippen LogP contribution is 2.25. The fourth-order valence-electron chi connectivity index (χ4n) is 3.01. The van der Waals surface area contributed by atoms with Gasteiger partial charge in [-0.3, -0.25) is 9.80 Å². The number of carbonyl (C=O) groups is 2. The Morgan fingerprint density at radius 2 is 2.27 bits per heavy atom. The van der Waals surface area contributed by atoms with Gasteiger partial charge < -0.3 is 9.84 Å². The molecular formula is C21H27BrN2O4S2. The van der Waals surface area contributed by atoms with Crippen LogP contribution < -0.4 is 0 Å². The summed E-state index contributed by atoms with van der Waals surface area (Å²) in [7, 11) is 1.34. The number of methoxy groups -OCH3 is 1. The van der Waals surface area contributed by atoms with E-state index >= 15 is 0 Å². The summed E-state index contributed by atoms with van der Waals surface area (Å²) >= 11 is 5.74. The number of hydrogen-bond acceptors (Lipinski definition) is 7. The molecule has 30 heavy (non-hydrogen) atoms. The largest absolute Gasteiger partial charge is 0.461 e. The first-order chi connectivity index (χ1) is 14.4. The molecule has 6 nitrogen and oxygen atoms in total. The third-order valence-corrected chi connectivity index (χ3v) is 6.74. The van der Waals surface area contributed by atoms with Crippen molar-refractivity contribution in [2.45, 2.75) is 25.4 Å². The third kappa shape index (κ3) is 8.47. The summed E-state index contributed by atoms with van der Waals surface area (Å²) in [4.78, 5) is 24.8. The summed E-state index contributed by atoms with van der Waals surface area (Å²) in [5.41, 5.74) is 1.07. The van der Waals surface area contributed by atoms with Gasteiger partial charge in [-0.2, -0.15) is 0 Å². The zero-order chi connectivity index (χ0) is 21.9. The molecule has 1 N–H and O–H groups in total. The summed E-state index contributed by atoms with van der Waals surface area (Å²) < 4.78 is 5.70. The quantitative estimate of drug-likeness (QED) is 0.344. The highest BCUT2D eigenvalue weighted by molar-refractivity contribution is 9.10. The van der Waals surface area contributed by atoms with Crippen LogP contribution >= 0.6 is 39.5 Å². The van der Waals surface area contributed by atoms with Crippen molar-refractivity contribution in [3.63, 3.8) is 0 Å². The molecular weight excluding hydrogens is 488 g/mol. The van der Waals surface area contributed by atoms with Crippen LogP contribution in [0.3, 0.4) is 0 Å². The fourth-order valence-corrected chi connectivity index (χ4v) is 4.95. The second-order valence-corrected chi connectivity index (χ2v) is 9.67. The highest BCUT2D eigenvalue weighted by atomic mass is 79.9. The molecule has 0 radical (unpaired) electrons. The van der Waals surface area contributed by atoms with Gasteiger partial charge in [0.05, 0.1) is 13.2 Å². The number of carbonyl (C=O) groups excluding carboxylic acids is 2. The van der Waals surface area contributed by atoms with Gasteiger partial charge in [-0.15, -0.1) is 0 Å². The first-order valence-corrected chi connectivity index (χ1v) is 12.2. The van der Waals surface area contributed by atoms with Gasteiger partial charge in [-0.25, -0.2) is 9.80 Å². The maximum absolute atomic E-state index is 12.5. The number of ether oxygens (including phenoxy) is 1. The van der Waals surface area contributed by atoms with E-state index in [9.17, 15) is 14.7 Å². The van der Waals surface area contributed by atoms with E-state index in [4.69, 9.17) is 4.74 Å². The van der Waals surface area contributed by atoms with E-state index in [2.05, 4.69) is 22.5 Å². The van der Waals surface area contributed by atoms with E-state index in [1.54, 1.807) is 17.2 Å². The summed E-state index contributed by atoms with van der Waals surface area (Å²) in [6, 6.07) is 7.91. The zero-order valence-electron chi connectivity index (χ0n) is 17.0. The van der Waals surface area contributed by atoms with Gasteiger partial charge in [0.1, 0.15) is 0 Å². The lowest BCUT2D eigenvalue weighted by Gasteiger charge is -2.38. The number of benzene rings is 1. The molecule has 0 aromatic heterocycles. The predicted molar refractivity (Wildman–Crippen MR) is 127 cm³/mol. The number of amides is 1. The van der Waals surface area contributed by atoms with Crippen LogP contribution in [0.1, 0.15) is 18.4 Å². The van der Waals surface area contributed by atoms with Crippen molar-refractivity contribution >= 4 is 50.0 Å². The van der Waals surface area contributed by atoms with Crippen LogP contribution in [0.5, 0.6) is 0 Å². The van der Waals surface area contributed by atoms with Crippen molar-refractivity contribution in [1.82, 2.24) is 10.0 Å². The SMILES string of the molecule is C=C/C=C(/CCN1C(=O)SCCN1CCC(O)Cc1cccc(Br)c1)SC(=O)OC. The molecule has 1 aliphatic heterocycles. The van der Waals surface area contributed by atoms with Crippen molar-refractivity contribution < 1.29 is 19.4 Å². The maximum Gasteiger partial charge on any atom is 0.371 e. The van der Waals surface area contributed by atoms with Crippen molar-refractivity contribution in [3.8, 4) is 0 Å². The smallest absolute Gasteiger partial charge is 0.371 e. The van der Waals surface area contributed by atoms with Gasteiger partial charge in [0, 0.05) is 29.9 Å². The Balaban J connectivity index is 1.91. The van der Waals surface area contributed by atoms with Crippen molar-refractivity contribution in [2.24, 2.45) is 0 Å². The minimum absolute atomic E-state index is 0.0104. The molecule has 1 amide bonds. The minimum Gasteiger partial charge on any atom is -0.461 e. The van der Waals surface area contributed by atoms with Crippen LogP contribution in [0.2, 0.25) is 0 Å². The van der Waals surface area contributed by atoms with Crippen molar-refractivity contribution in [1.29, 1.82) is 0 Å². The molecule has 1 unspecified atom stereocenters. The number of aliphatic hydroxyl groups excluding tert-OH is 1. The molecule has 9 heteroatoms. The molecule has 0 bridgehead atoms. The number of hydrazine groups is 1. The van der Waals surface area contributed by atoms with E-state index in [0.717, 1.165) is 39.0 Å². The van der Waals surface area contributed by atoms with Crippen LogP contribution in [0.25, 0.3) is 0 Å². The molecule has 164 valence electrons. The summed E-state index contributed by atoms with van der Waals surface area (Å²) in [6.07, 6.45) is 4.54. The first-order valence-electron chi connectivity index (χ1n) is 9.62. The molecule has 0 aliphatic carbocycles. The summed E-state index contributed by atoms with van der Waals surface area (Å²) in [6.45, 7) is 5.46. The number of hydrogen-bond donors (Lipinski definition) is 1. The molecule has 1 atom stereocenters. The first kappa shape index (κ1) is 25.0. The normalized spacial score (nSPS) is 16.4. The third-order valence-electron chi connectivity index (χ3n) is 4.46. The van der Waals surface area contributed by atoms with E-state index in [1.165, 1.54) is 18.9 Å². The molecule has 1 aromatic rings. The van der Waals surface area contributed by atoms with Crippen molar-refractivity contribution in [3.05, 3.63) is 57.9 Å². The Kier molecular flexibility index (Phi) is 11.0. The number of nitrogens with zero attached hydrogens (tertiary/aromatic N) is 2. The van der Waals surface area contributed by atoms with Gasteiger partial charge in [0.25, 0.3) is 5.24 Å². The molecule has 1 aromatic carbocycles. The van der Waals surface area contributed by atoms with E-state index in [0.29, 0.717) is 32.4 Å². The Morgan fingerprint density at radius 1 is 1.47 bits per heavy atom. The Labute approximate surface area is 194 Å². The highest BCUT2D eigenvalue weighted by Gasteiger charge is 2.27. The number of thioether (sulfide) groups is 2. The number of aliphatic hydroxyl groups is 1. The lowest BCUT2D eigenvalue weighted by atomic mass is 10.1. The second-order valence-electron chi connectivity index (χ2n) is 6.64. The molecule has 1 fully saturated rings. The Morgan fingerprint density at radius 3 is 2.97 bits per heavy atom. The topological polar surface area (TPSA) is 70.1 Å². The predicted octanol–water partition coefficient (Wildman–Crippen LogP) is 5.09. The molecule has 0 saturated carbocycles. The van der Waals surface area contributed by atoms with E-state index < -0.39 is 11.4 Å². The van der Waals surface area contributed by atoms with E-state index in [-0.39, 0.29) is 5.24 Å². The fraction of sp³-hybridized carbons (Fsp3) is 0.429. The molecule has 2 rings (SSSR count). The number of halogens is 1. The van der Waals surface area contributed by atoms with Gasteiger partial charge in [0.2, 0.25) is 0 Å². The average Bonchev–Trinajstić information content (AvgIpc) is 2.71. The van der Waals surface area contributed by atoms with E-state index in [1.807, 2.05) is 29.3 Å². The molecule has 0 spiro atoms. The Hall–Kier alpha value is -1.26. The lowest BCUT2D eigenvalue weighted by Crippen LogP contribution is -2.50. The Bertz CT molecular complexity index is 775. The van der Waals surface area contributed by atoms with Gasteiger partial charge in [0.15, 0.2) is 0 Å². The standard InChI is InChI=1S/C21H27BrN2O4S2/c1-3-5-19(30-21(27)28-2)9-11-24-20(26)29-13-12-23(24)10-8-18(25)15-16-6-4-7-17(22)14-16/h3-7,14,18,25H,1,8-13,15H2,2H3/b19-5-. The van der Waals surface area contributed by atoms with Crippen LogP contribution in [-0.2, 0) is 11.2 Å². The van der Waals surface area contributed by atoms with Crippen molar-refractivity contribution in [2.75, 3.05) is 32.5 Å². The minimum atomic E-state index is -0.489. The van der Waals surface area contributed by atoms with Gasteiger partial charge >= 0.3 is 5.30 Å². The van der Waals surface area contributed by atoms with Crippen LogP contribution in [-0.4, -0.2) is 64.3 Å². The van der Waals surface area contributed by atoms with Gasteiger partial charge in [-0.05, 0) is 53.6 Å². The molecule has 1 saturated heterocycles. The molecule has 1 heterocycles. The monoisotopic (exact) mass is 514 g/mol. The van der Waals surface area contributed by atoms with Crippen LogP contribution in [0, 0.1) is 0 Å². The maximum atomic E-state index is 12.5. The zero-order valence-corrected chi connectivity index (χ0v) is 20.2.